The van der Waals surface area contributed by atoms with Gasteiger partial charge in [0.2, 0.25) is 5.82 Å². The molecule has 0 radical (unpaired) electrons. The maximum atomic E-state index is 13.7. The second kappa shape index (κ2) is 8.38. The Morgan fingerprint density at radius 3 is 2.28 bits per heavy atom. The molecule has 3 aromatic rings. The van der Waals surface area contributed by atoms with E-state index in [-0.39, 0.29) is 11.5 Å². The fraction of sp³-hybridized carbons (Fsp3) is 0.105. The fourth-order valence-corrected chi connectivity index (χ4v) is 3.41. The predicted octanol–water partition coefficient (Wildman–Crippen LogP) is 6.24. The second-order valence-corrected chi connectivity index (χ2v) is 7.26. The lowest BCUT2D eigenvalue weighted by Gasteiger charge is -2.09. The number of nitrogens with one attached hydrogen (secondary N) is 1. The standard InChI is InChI=1S/C19H11ClF5NO2S/c1-8-4-10(20)2-3-11(8)28-6-9-5-12(29-7-9)19(27)26-18-16(24)14(22)13(21)15(23)17(18)25/h2-5,7H,6H2,1H3,(H,26,27). The van der Waals surface area contributed by atoms with Crippen LogP contribution in [0.2, 0.25) is 5.02 Å². The zero-order valence-electron chi connectivity index (χ0n) is 14.6. The largest absolute Gasteiger partial charge is 0.489 e. The normalized spacial score (nSPS) is 10.9. The number of hydrogen-bond acceptors (Lipinski definition) is 3. The molecule has 1 amide bonds. The van der Waals surface area contributed by atoms with Gasteiger partial charge in [0, 0.05) is 10.6 Å². The number of halogens is 6. The molecule has 0 aliphatic carbocycles. The Hall–Kier alpha value is -2.65. The number of amides is 1. The van der Waals surface area contributed by atoms with Crippen molar-refractivity contribution in [1.82, 2.24) is 0 Å². The molecule has 152 valence electrons. The van der Waals surface area contributed by atoms with Crippen LogP contribution in [0.5, 0.6) is 5.75 Å². The minimum absolute atomic E-state index is 0.000342. The van der Waals surface area contributed by atoms with Crippen molar-refractivity contribution >= 4 is 34.5 Å². The number of benzene rings is 2. The Bertz CT molecular complexity index is 1070. The van der Waals surface area contributed by atoms with Crippen molar-refractivity contribution < 1.29 is 31.5 Å². The average Bonchev–Trinajstić information content (AvgIpc) is 3.16. The minimum atomic E-state index is -2.30. The van der Waals surface area contributed by atoms with E-state index in [1.54, 1.807) is 35.8 Å². The van der Waals surface area contributed by atoms with Gasteiger partial charge >= 0.3 is 0 Å². The second-order valence-electron chi connectivity index (χ2n) is 5.92. The molecule has 1 heterocycles. The van der Waals surface area contributed by atoms with Gasteiger partial charge in [-0.1, -0.05) is 11.6 Å². The van der Waals surface area contributed by atoms with E-state index >= 15 is 0 Å². The Balaban J connectivity index is 1.73. The van der Waals surface area contributed by atoms with E-state index in [1.807, 2.05) is 0 Å². The molecular weight excluding hydrogens is 437 g/mol. The molecule has 2 aromatic carbocycles. The number of carbonyl (C=O) groups excluding carboxylic acids is 1. The van der Waals surface area contributed by atoms with Gasteiger partial charge in [-0.3, -0.25) is 4.79 Å². The van der Waals surface area contributed by atoms with Crippen LogP contribution in [0.3, 0.4) is 0 Å². The third-order valence-corrected chi connectivity index (χ3v) is 5.07. The summed E-state index contributed by atoms with van der Waals surface area (Å²) in [7, 11) is 0. The monoisotopic (exact) mass is 447 g/mol. The molecule has 29 heavy (non-hydrogen) atoms. The number of thiophene rings is 1. The third-order valence-electron chi connectivity index (χ3n) is 3.86. The smallest absolute Gasteiger partial charge is 0.265 e. The summed E-state index contributed by atoms with van der Waals surface area (Å²) in [5.41, 5.74) is -0.0293. The molecule has 10 heteroatoms. The molecular formula is C19H11ClF5NO2S. The van der Waals surface area contributed by atoms with Crippen LogP contribution >= 0.6 is 22.9 Å². The highest BCUT2D eigenvalue weighted by molar-refractivity contribution is 7.12. The first kappa shape index (κ1) is 21.1. The van der Waals surface area contributed by atoms with E-state index in [0.717, 1.165) is 16.9 Å². The summed E-state index contributed by atoms with van der Waals surface area (Å²) in [5.74, 6) is -11.3. The SMILES string of the molecule is Cc1cc(Cl)ccc1OCc1csc(C(=O)Nc2c(F)c(F)c(F)c(F)c2F)c1. The molecule has 1 aromatic heterocycles. The highest BCUT2D eigenvalue weighted by Gasteiger charge is 2.27. The first-order valence-electron chi connectivity index (χ1n) is 7.98. The van der Waals surface area contributed by atoms with Crippen LogP contribution in [-0.2, 0) is 6.61 Å². The van der Waals surface area contributed by atoms with E-state index in [1.165, 1.54) is 6.07 Å². The van der Waals surface area contributed by atoms with Crippen LogP contribution in [0, 0.1) is 36.0 Å². The van der Waals surface area contributed by atoms with Crippen molar-refractivity contribution in [3.63, 3.8) is 0 Å². The topological polar surface area (TPSA) is 38.3 Å². The van der Waals surface area contributed by atoms with Crippen LogP contribution in [0.25, 0.3) is 0 Å². The minimum Gasteiger partial charge on any atom is -0.489 e. The van der Waals surface area contributed by atoms with Gasteiger partial charge in [-0.25, -0.2) is 22.0 Å². The van der Waals surface area contributed by atoms with E-state index in [9.17, 15) is 26.7 Å². The van der Waals surface area contributed by atoms with Crippen molar-refractivity contribution in [2.75, 3.05) is 5.32 Å². The van der Waals surface area contributed by atoms with E-state index in [2.05, 4.69) is 0 Å². The highest BCUT2D eigenvalue weighted by Crippen LogP contribution is 2.28. The Labute approximate surface area is 170 Å². The van der Waals surface area contributed by atoms with Crippen LogP contribution in [0.4, 0.5) is 27.6 Å². The maximum absolute atomic E-state index is 13.7. The lowest BCUT2D eigenvalue weighted by atomic mass is 10.2. The number of aryl methyl sites for hydroxylation is 1. The summed E-state index contributed by atoms with van der Waals surface area (Å²) in [6.45, 7) is 1.90. The summed E-state index contributed by atoms with van der Waals surface area (Å²) in [4.78, 5) is 12.2. The number of anilines is 1. The van der Waals surface area contributed by atoms with Gasteiger partial charge in [-0.2, -0.15) is 0 Å². The Morgan fingerprint density at radius 2 is 1.66 bits per heavy atom. The highest BCUT2D eigenvalue weighted by atomic mass is 35.5. The van der Waals surface area contributed by atoms with E-state index in [0.29, 0.717) is 16.3 Å². The average molecular weight is 448 g/mol. The van der Waals surface area contributed by atoms with Crippen molar-refractivity contribution in [3.05, 3.63) is 79.8 Å². The molecule has 0 aliphatic rings. The van der Waals surface area contributed by atoms with Crippen LogP contribution in [0.1, 0.15) is 20.8 Å². The zero-order valence-corrected chi connectivity index (χ0v) is 16.2. The molecule has 3 rings (SSSR count). The van der Waals surface area contributed by atoms with Gasteiger partial charge in [-0.05, 0) is 42.1 Å². The van der Waals surface area contributed by atoms with Crippen LogP contribution < -0.4 is 10.1 Å². The Morgan fingerprint density at radius 1 is 1.03 bits per heavy atom. The van der Waals surface area contributed by atoms with Gasteiger partial charge in [0.15, 0.2) is 23.3 Å². The molecule has 0 atom stereocenters. The Kier molecular flexibility index (Phi) is 6.09. The number of carbonyl (C=O) groups is 1. The van der Waals surface area contributed by atoms with Gasteiger partial charge in [0.1, 0.15) is 18.0 Å². The maximum Gasteiger partial charge on any atom is 0.265 e. The number of ether oxygens (including phenoxy) is 1. The summed E-state index contributed by atoms with van der Waals surface area (Å²) in [6, 6.07) is 6.44. The summed E-state index contributed by atoms with van der Waals surface area (Å²) in [6.07, 6.45) is 0. The zero-order chi connectivity index (χ0) is 21.3. The first-order chi connectivity index (χ1) is 13.7. The van der Waals surface area contributed by atoms with Gasteiger partial charge in [-0.15, -0.1) is 11.3 Å². The van der Waals surface area contributed by atoms with Gasteiger partial charge in [0.05, 0.1) is 4.88 Å². The quantitative estimate of drug-likeness (QED) is 0.286. The van der Waals surface area contributed by atoms with Gasteiger partial charge < -0.3 is 10.1 Å². The molecule has 0 saturated heterocycles. The van der Waals surface area contributed by atoms with Crippen molar-refractivity contribution in [3.8, 4) is 5.75 Å². The lowest BCUT2D eigenvalue weighted by molar-refractivity contribution is 0.102. The number of rotatable bonds is 5. The molecule has 3 nitrogen and oxygen atoms in total. The van der Waals surface area contributed by atoms with Crippen molar-refractivity contribution in [1.29, 1.82) is 0 Å². The molecule has 0 unspecified atom stereocenters. The van der Waals surface area contributed by atoms with Crippen LogP contribution in [0.15, 0.2) is 29.6 Å². The molecule has 0 bridgehead atoms. The third kappa shape index (κ3) is 4.35. The van der Waals surface area contributed by atoms with Crippen molar-refractivity contribution in [2.24, 2.45) is 0 Å². The lowest BCUT2D eigenvalue weighted by Crippen LogP contribution is -2.16. The summed E-state index contributed by atoms with van der Waals surface area (Å²) >= 11 is 6.79. The van der Waals surface area contributed by atoms with Crippen molar-refractivity contribution in [2.45, 2.75) is 13.5 Å². The number of hydrogen-bond donors (Lipinski definition) is 1. The van der Waals surface area contributed by atoms with Crippen LogP contribution in [-0.4, -0.2) is 5.91 Å². The summed E-state index contributed by atoms with van der Waals surface area (Å²) < 4.78 is 72.6. The summed E-state index contributed by atoms with van der Waals surface area (Å²) in [5, 5.41) is 3.85. The first-order valence-corrected chi connectivity index (χ1v) is 9.24. The molecule has 0 aliphatic heterocycles. The molecule has 0 fully saturated rings. The van der Waals surface area contributed by atoms with Gasteiger partial charge in [0.25, 0.3) is 5.91 Å². The van der Waals surface area contributed by atoms with E-state index in [4.69, 9.17) is 16.3 Å². The van der Waals surface area contributed by atoms with E-state index < -0.39 is 40.7 Å². The predicted molar refractivity (Wildman–Crippen MR) is 99.0 cm³/mol. The fourth-order valence-electron chi connectivity index (χ4n) is 2.40. The molecule has 0 spiro atoms. The molecule has 1 N–H and O–H groups in total. The molecule has 0 saturated carbocycles.